The van der Waals surface area contributed by atoms with E-state index in [0.717, 1.165) is 23.8 Å². The largest absolute Gasteiger partial charge is 0.316 e. The Labute approximate surface area is 120 Å². The fourth-order valence-corrected chi connectivity index (χ4v) is 4.04. The van der Waals surface area contributed by atoms with Gasteiger partial charge >= 0.3 is 0 Å². The monoisotopic (exact) mass is 266 g/mol. The van der Waals surface area contributed by atoms with Crippen molar-refractivity contribution in [1.82, 2.24) is 10.2 Å². The first kappa shape index (κ1) is 15.3. The van der Waals surface area contributed by atoms with Gasteiger partial charge in [-0.15, -0.1) is 0 Å². The average Bonchev–Trinajstić information content (AvgIpc) is 2.46. The molecule has 1 saturated heterocycles. The van der Waals surface area contributed by atoms with Crippen LogP contribution in [0.3, 0.4) is 0 Å². The third kappa shape index (κ3) is 4.19. The molecule has 4 unspecified atom stereocenters. The van der Waals surface area contributed by atoms with Gasteiger partial charge in [-0.25, -0.2) is 0 Å². The van der Waals surface area contributed by atoms with E-state index in [9.17, 15) is 0 Å². The molecule has 0 aromatic heterocycles. The molecule has 0 aromatic carbocycles. The van der Waals surface area contributed by atoms with E-state index in [4.69, 9.17) is 0 Å². The van der Waals surface area contributed by atoms with E-state index in [1.165, 1.54) is 64.7 Å². The van der Waals surface area contributed by atoms with Gasteiger partial charge in [0.2, 0.25) is 0 Å². The van der Waals surface area contributed by atoms with E-state index in [2.05, 4.69) is 31.0 Å². The Hall–Kier alpha value is -0.0800. The Morgan fingerprint density at radius 3 is 2.58 bits per heavy atom. The van der Waals surface area contributed by atoms with Gasteiger partial charge in [0.25, 0.3) is 0 Å². The van der Waals surface area contributed by atoms with Crippen LogP contribution in [0.5, 0.6) is 0 Å². The van der Waals surface area contributed by atoms with Gasteiger partial charge in [-0.3, -0.25) is 0 Å². The summed E-state index contributed by atoms with van der Waals surface area (Å²) in [6.07, 6.45) is 8.70. The first-order chi connectivity index (χ1) is 9.22. The first-order valence-electron chi connectivity index (χ1n) is 8.67. The van der Waals surface area contributed by atoms with Gasteiger partial charge in [0, 0.05) is 12.6 Å². The van der Waals surface area contributed by atoms with Gasteiger partial charge in [0.1, 0.15) is 0 Å². The number of hydrogen-bond donors (Lipinski definition) is 1. The summed E-state index contributed by atoms with van der Waals surface area (Å²) in [6, 6.07) is 0.743. The van der Waals surface area contributed by atoms with Crippen LogP contribution < -0.4 is 5.32 Å². The lowest BCUT2D eigenvalue weighted by Crippen LogP contribution is -2.49. The lowest BCUT2D eigenvalue weighted by atomic mass is 9.74. The van der Waals surface area contributed by atoms with Crippen LogP contribution >= 0.6 is 0 Å². The molecule has 112 valence electrons. The van der Waals surface area contributed by atoms with E-state index in [1.807, 2.05) is 0 Å². The minimum Gasteiger partial charge on any atom is -0.316 e. The smallest absolute Gasteiger partial charge is 0.0105 e. The number of rotatable bonds is 6. The fraction of sp³-hybridized carbons (Fsp3) is 1.00. The van der Waals surface area contributed by atoms with Crippen molar-refractivity contribution in [3.63, 3.8) is 0 Å². The quantitative estimate of drug-likeness (QED) is 0.740. The van der Waals surface area contributed by atoms with Gasteiger partial charge in [-0.05, 0) is 63.6 Å². The zero-order chi connectivity index (χ0) is 13.7. The van der Waals surface area contributed by atoms with Crippen LogP contribution in [0.2, 0.25) is 0 Å². The van der Waals surface area contributed by atoms with Gasteiger partial charge in [0.15, 0.2) is 0 Å². The van der Waals surface area contributed by atoms with Crippen molar-refractivity contribution in [2.45, 2.75) is 65.3 Å². The number of hydrogen-bond acceptors (Lipinski definition) is 2. The molecule has 2 aliphatic rings. The van der Waals surface area contributed by atoms with Crippen molar-refractivity contribution >= 4 is 0 Å². The van der Waals surface area contributed by atoms with E-state index >= 15 is 0 Å². The normalized spacial score (nSPS) is 31.7. The number of fused-ring (bicyclic) bond motifs is 1. The van der Waals surface area contributed by atoms with Gasteiger partial charge < -0.3 is 10.2 Å². The highest BCUT2D eigenvalue weighted by Crippen LogP contribution is 2.37. The molecule has 4 atom stereocenters. The van der Waals surface area contributed by atoms with Gasteiger partial charge in [0.05, 0.1) is 0 Å². The third-order valence-electron chi connectivity index (χ3n) is 5.62. The molecule has 0 bridgehead atoms. The molecule has 1 heterocycles. The summed E-state index contributed by atoms with van der Waals surface area (Å²) in [5.41, 5.74) is 0. The first-order valence-corrected chi connectivity index (χ1v) is 8.67. The van der Waals surface area contributed by atoms with Crippen molar-refractivity contribution in [3.8, 4) is 0 Å². The van der Waals surface area contributed by atoms with Crippen molar-refractivity contribution in [2.24, 2.45) is 17.8 Å². The third-order valence-corrected chi connectivity index (χ3v) is 5.62. The molecule has 19 heavy (non-hydrogen) atoms. The fourth-order valence-electron chi connectivity index (χ4n) is 4.04. The maximum atomic E-state index is 3.58. The highest BCUT2D eigenvalue weighted by Gasteiger charge is 2.33. The molecule has 1 saturated carbocycles. The zero-order valence-electron chi connectivity index (χ0n) is 13.3. The highest BCUT2D eigenvalue weighted by atomic mass is 15.2. The maximum Gasteiger partial charge on any atom is 0.0105 e. The number of piperidine rings is 1. The Morgan fingerprint density at radius 2 is 1.84 bits per heavy atom. The SMILES string of the molecule is CCCNCC(C)C(C)N1CCC2CCCCC2C1. The molecule has 2 heteroatoms. The van der Waals surface area contributed by atoms with E-state index in [-0.39, 0.29) is 0 Å². The molecular formula is C17H34N2. The van der Waals surface area contributed by atoms with Crippen LogP contribution in [0.1, 0.15) is 59.3 Å². The van der Waals surface area contributed by atoms with Crippen molar-refractivity contribution in [1.29, 1.82) is 0 Å². The van der Waals surface area contributed by atoms with Crippen LogP contribution in [-0.4, -0.2) is 37.1 Å². The lowest BCUT2D eigenvalue weighted by molar-refractivity contribution is 0.0452. The van der Waals surface area contributed by atoms with E-state index in [0.29, 0.717) is 0 Å². The molecule has 2 nitrogen and oxygen atoms in total. The van der Waals surface area contributed by atoms with E-state index in [1.54, 1.807) is 0 Å². The summed E-state index contributed by atoms with van der Waals surface area (Å²) < 4.78 is 0. The van der Waals surface area contributed by atoms with Crippen molar-refractivity contribution < 1.29 is 0 Å². The molecule has 2 fully saturated rings. The molecule has 2 rings (SSSR count). The molecule has 1 N–H and O–H groups in total. The van der Waals surface area contributed by atoms with Crippen LogP contribution in [0.4, 0.5) is 0 Å². The summed E-state index contributed by atoms with van der Waals surface area (Å²) in [7, 11) is 0. The number of nitrogens with zero attached hydrogens (tertiary/aromatic N) is 1. The van der Waals surface area contributed by atoms with Crippen molar-refractivity contribution in [3.05, 3.63) is 0 Å². The second kappa shape index (κ2) is 7.64. The van der Waals surface area contributed by atoms with Crippen molar-refractivity contribution in [2.75, 3.05) is 26.2 Å². The zero-order valence-corrected chi connectivity index (χ0v) is 13.3. The summed E-state index contributed by atoms with van der Waals surface area (Å²) in [6.45, 7) is 12.2. The minimum absolute atomic E-state index is 0.743. The second-order valence-electron chi connectivity index (χ2n) is 7.01. The topological polar surface area (TPSA) is 15.3 Å². The van der Waals surface area contributed by atoms with Crippen LogP contribution in [-0.2, 0) is 0 Å². The van der Waals surface area contributed by atoms with Gasteiger partial charge in [-0.1, -0.05) is 33.1 Å². The van der Waals surface area contributed by atoms with Crippen LogP contribution in [0.25, 0.3) is 0 Å². The summed E-state index contributed by atoms with van der Waals surface area (Å²) in [4.78, 5) is 2.78. The summed E-state index contributed by atoms with van der Waals surface area (Å²) in [5, 5.41) is 3.58. The Balaban J connectivity index is 1.77. The predicted octanol–water partition coefficient (Wildman–Crippen LogP) is 3.52. The summed E-state index contributed by atoms with van der Waals surface area (Å²) >= 11 is 0. The van der Waals surface area contributed by atoms with E-state index < -0.39 is 0 Å². The molecular weight excluding hydrogens is 232 g/mol. The van der Waals surface area contributed by atoms with Crippen LogP contribution in [0.15, 0.2) is 0 Å². The Bertz CT molecular complexity index is 254. The average molecular weight is 266 g/mol. The molecule has 1 aliphatic heterocycles. The molecule has 0 spiro atoms. The lowest BCUT2D eigenvalue weighted by Gasteiger charge is -2.45. The molecule has 0 aromatic rings. The second-order valence-corrected chi connectivity index (χ2v) is 7.01. The van der Waals surface area contributed by atoms with Gasteiger partial charge in [-0.2, -0.15) is 0 Å². The summed E-state index contributed by atoms with van der Waals surface area (Å²) in [5.74, 6) is 2.85. The number of nitrogens with one attached hydrogen (secondary N) is 1. The molecule has 0 amide bonds. The Kier molecular flexibility index (Phi) is 6.15. The van der Waals surface area contributed by atoms with Crippen LogP contribution in [0, 0.1) is 17.8 Å². The molecule has 0 radical (unpaired) electrons. The molecule has 1 aliphatic carbocycles. The standard InChI is InChI=1S/C17H34N2/c1-4-10-18-12-14(2)15(3)19-11-9-16-7-5-6-8-17(16)13-19/h14-18H,4-13H2,1-3H3. The number of likely N-dealkylation sites (tertiary alicyclic amines) is 1. The highest BCUT2D eigenvalue weighted by molar-refractivity contribution is 4.86. The Morgan fingerprint density at radius 1 is 1.11 bits per heavy atom. The maximum absolute atomic E-state index is 3.58. The predicted molar refractivity (Wildman–Crippen MR) is 83.4 cm³/mol. The minimum atomic E-state index is 0.743.